The van der Waals surface area contributed by atoms with Crippen molar-refractivity contribution >= 4 is 27.4 Å². The number of esters is 1. The molecular weight excluding hydrogens is 391 g/mol. The summed E-state index contributed by atoms with van der Waals surface area (Å²) < 4.78 is 56.8. The van der Waals surface area contributed by atoms with Crippen LogP contribution in [0.5, 0.6) is 0 Å². The summed E-state index contributed by atoms with van der Waals surface area (Å²) in [6, 6.07) is 6.38. The fourth-order valence-electron chi connectivity index (χ4n) is 3.08. The van der Waals surface area contributed by atoms with Crippen LogP contribution in [-0.4, -0.2) is 46.8 Å². The topological polar surface area (TPSA) is 98.1 Å². The Morgan fingerprint density at radius 3 is 2.50 bits per heavy atom. The average Bonchev–Trinajstić information content (AvgIpc) is 3.11. The van der Waals surface area contributed by atoms with E-state index >= 15 is 0 Å². The quantitative estimate of drug-likeness (QED) is 0.754. The van der Waals surface area contributed by atoms with E-state index in [4.69, 9.17) is 9.15 Å². The molecule has 0 amide bonds. The number of anilines is 2. The Hall–Kier alpha value is -2.59. The Morgan fingerprint density at radius 1 is 1.21 bits per heavy atom. The first-order valence-electron chi connectivity index (χ1n) is 8.60. The fraction of sp³-hybridized carbons (Fsp3) is 0.389. The van der Waals surface area contributed by atoms with Gasteiger partial charge in [-0.05, 0) is 38.1 Å². The molecule has 2 heterocycles. The average molecular weight is 412 g/mol. The summed E-state index contributed by atoms with van der Waals surface area (Å²) >= 11 is 0. The Morgan fingerprint density at radius 2 is 1.89 bits per heavy atom. The molecule has 28 heavy (non-hydrogen) atoms. The lowest BCUT2D eigenvalue weighted by Crippen LogP contribution is -2.45. The molecule has 1 N–H and O–H groups in total. The van der Waals surface area contributed by atoms with Gasteiger partial charge in [0.25, 0.3) is 10.0 Å². The zero-order valence-corrected chi connectivity index (χ0v) is 16.5. The molecule has 1 aliphatic rings. The molecule has 2 aromatic rings. The number of rotatable bonds is 5. The number of furan rings is 1. The monoisotopic (exact) mass is 412 g/mol. The van der Waals surface area contributed by atoms with Crippen LogP contribution in [0.2, 0.25) is 0 Å². The second-order valence-corrected chi connectivity index (χ2v) is 8.16. The molecule has 0 spiro atoms. The number of carbonyl (C=O) groups is 1. The highest BCUT2D eigenvalue weighted by molar-refractivity contribution is 7.92. The molecule has 0 saturated carbocycles. The molecular formula is C18H21FN2O6S. The van der Waals surface area contributed by atoms with E-state index in [1.54, 1.807) is 0 Å². The fourth-order valence-corrected chi connectivity index (χ4v) is 4.07. The zero-order chi connectivity index (χ0) is 20.5. The van der Waals surface area contributed by atoms with Crippen LogP contribution in [0.1, 0.15) is 24.4 Å². The van der Waals surface area contributed by atoms with E-state index in [2.05, 4.69) is 9.46 Å². The van der Waals surface area contributed by atoms with Gasteiger partial charge in [-0.15, -0.1) is 0 Å². The van der Waals surface area contributed by atoms with E-state index in [1.807, 2.05) is 18.7 Å². The highest BCUT2D eigenvalue weighted by Crippen LogP contribution is 2.27. The summed E-state index contributed by atoms with van der Waals surface area (Å²) in [5, 5.41) is -0.479. The van der Waals surface area contributed by atoms with E-state index in [-0.39, 0.29) is 23.7 Å². The third kappa shape index (κ3) is 4.28. The van der Waals surface area contributed by atoms with Gasteiger partial charge in [0, 0.05) is 19.2 Å². The van der Waals surface area contributed by atoms with Gasteiger partial charge in [-0.1, -0.05) is 0 Å². The molecule has 8 nitrogen and oxygen atoms in total. The van der Waals surface area contributed by atoms with Gasteiger partial charge in [0.1, 0.15) is 5.82 Å². The van der Waals surface area contributed by atoms with Gasteiger partial charge < -0.3 is 18.8 Å². The largest absolute Gasteiger partial charge is 0.463 e. The number of morpholine rings is 1. The summed E-state index contributed by atoms with van der Waals surface area (Å²) in [4.78, 5) is 13.3. The molecule has 0 aliphatic carbocycles. The molecule has 0 unspecified atom stereocenters. The maximum Gasteiger partial charge on any atom is 0.374 e. The van der Waals surface area contributed by atoms with Crippen molar-refractivity contribution in [3.63, 3.8) is 0 Å². The van der Waals surface area contributed by atoms with Crippen LogP contribution in [0.4, 0.5) is 15.8 Å². The number of nitrogens with zero attached hydrogens (tertiary/aromatic N) is 1. The van der Waals surface area contributed by atoms with E-state index in [1.165, 1.54) is 18.2 Å². The number of ether oxygens (including phenoxy) is 2. The molecule has 152 valence electrons. The Balaban J connectivity index is 1.78. The minimum Gasteiger partial charge on any atom is -0.463 e. The first-order valence-corrected chi connectivity index (χ1v) is 10.1. The van der Waals surface area contributed by atoms with Crippen molar-refractivity contribution in [3.8, 4) is 0 Å². The first kappa shape index (κ1) is 20.2. The van der Waals surface area contributed by atoms with Gasteiger partial charge >= 0.3 is 5.97 Å². The summed E-state index contributed by atoms with van der Waals surface area (Å²) in [6.07, 6.45) is -0.0754. The van der Waals surface area contributed by atoms with Gasteiger partial charge in [-0.25, -0.2) is 9.18 Å². The van der Waals surface area contributed by atoms with Crippen LogP contribution in [-0.2, 0) is 19.5 Å². The number of halogens is 1. The zero-order valence-electron chi connectivity index (χ0n) is 15.6. The van der Waals surface area contributed by atoms with E-state index < -0.39 is 26.9 Å². The van der Waals surface area contributed by atoms with Gasteiger partial charge in [-0.2, -0.15) is 8.42 Å². The van der Waals surface area contributed by atoms with E-state index in [0.717, 1.165) is 19.2 Å². The lowest BCUT2D eigenvalue weighted by Gasteiger charge is -2.37. The molecule has 1 fully saturated rings. The second kappa shape index (κ2) is 7.80. The predicted molar refractivity (Wildman–Crippen MR) is 99.5 cm³/mol. The lowest BCUT2D eigenvalue weighted by molar-refractivity contribution is -0.00539. The lowest BCUT2D eigenvalue weighted by atomic mass is 10.2. The van der Waals surface area contributed by atoms with Crippen LogP contribution in [0.25, 0.3) is 0 Å². The predicted octanol–water partition coefficient (Wildman–Crippen LogP) is 2.62. The molecule has 0 bridgehead atoms. The van der Waals surface area contributed by atoms with Gasteiger partial charge in [-0.3, -0.25) is 4.72 Å². The van der Waals surface area contributed by atoms with Gasteiger partial charge in [0.2, 0.25) is 10.9 Å². The summed E-state index contributed by atoms with van der Waals surface area (Å²) in [6.45, 7) is 4.90. The smallest absolute Gasteiger partial charge is 0.374 e. The minimum absolute atomic E-state index is 0.0339. The second-order valence-electron chi connectivity index (χ2n) is 6.54. The number of methoxy groups -OCH3 is 1. The van der Waals surface area contributed by atoms with Crippen LogP contribution in [0, 0.1) is 5.82 Å². The number of carbonyl (C=O) groups excluding carboxylic acids is 1. The first-order chi connectivity index (χ1) is 13.2. The molecule has 1 aliphatic heterocycles. The van der Waals surface area contributed by atoms with Crippen molar-refractivity contribution in [2.24, 2.45) is 0 Å². The van der Waals surface area contributed by atoms with Crippen LogP contribution in [0.3, 0.4) is 0 Å². The number of hydrogen-bond donors (Lipinski definition) is 1. The van der Waals surface area contributed by atoms with Crippen LogP contribution >= 0.6 is 0 Å². The molecule has 2 atom stereocenters. The Bertz CT molecular complexity index is 964. The van der Waals surface area contributed by atoms with Crippen molar-refractivity contribution in [2.45, 2.75) is 31.1 Å². The van der Waals surface area contributed by atoms with Crippen molar-refractivity contribution < 1.29 is 31.5 Å². The maximum absolute atomic E-state index is 14.6. The van der Waals surface area contributed by atoms with Gasteiger partial charge in [0.05, 0.1) is 30.7 Å². The number of sulfonamides is 1. The summed E-state index contributed by atoms with van der Waals surface area (Å²) in [5.74, 6) is -1.61. The summed E-state index contributed by atoms with van der Waals surface area (Å²) in [5.41, 5.74) is 0.405. The number of benzene rings is 1. The van der Waals surface area contributed by atoms with Crippen LogP contribution < -0.4 is 9.62 Å². The van der Waals surface area contributed by atoms with Crippen molar-refractivity contribution in [1.29, 1.82) is 0 Å². The third-order valence-electron chi connectivity index (χ3n) is 4.19. The highest BCUT2D eigenvalue weighted by atomic mass is 32.2. The standard InChI is InChI=1S/C18H21FN2O6S/c1-11-9-21(10-12(2)26-11)15-5-4-13(8-14(15)19)20-28(23,24)17-7-6-16(27-17)18(22)25-3/h4-8,11-12,20H,9-10H2,1-3H3/t11-,12-/m0/s1. The SMILES string of the molecule is COC(=O)c1ccc(S(=O)(=O)Nc2ccc(N3C[C@H](C)O[C@@H](C)C3)c(F)c2)o1. The minimum atomic E-state index is -4.13. The normalized spacial score (nSPS) is 20.1. The molecule has 10 heteroatoms. The molecule has 0 radical (unpaired) electrons. The third-order valence-corrected chi connectivity index (χ3v) is 5.45. The number of hydrogen-bond acceptors (Lipinski definition) is 7. The number of nitrogens with one attached hydrogen (secondary N) is 1. The molecule has 1 aromatic heterocycles. The van der Waals surface area contributed by atoms with Crippen molar-refractivity contribution in [1.82, 2.24) is 0 Å². The maximum atomic E-state index is 14.6. The molecule has 3 rings (SSSR count). The summed E-state index contributed by atoms with van der Waals surface area (Å²) in [7, 11) is -2.98. The highest BCUT2D eigenvalue weighted by Gasteiger charge is 2.25. The van der Waals surface area contributed by atoms with Crippen molar-refractivity contribution in [3.05, 3.63) is 41.9 Å². The van der Waals surface area contributed by atoms with Gasteiger partial charge in [0.15, 0.2) is 0 Å². The Kier molecular flexibility index (Phi) is 5.61. The van der Waals surface area contributed by atoms with Crippen LogP contribution in [0.15, 0.2) is 39.8 Å². The Labute approximate surface area is 162 Å². The van der Waals surface area contributed by atoms with E-state index in [9.17, 15) is 17.6 Å². The molecule has 1 saturated heterocycles. The van der Waals surface area contributed by atoms with Crippen molar-refractivity contribution in [2.75, 3.05) is 29.8 Å². The van der Waals surface area contributed by atoms with E-state index in [0.29, 0.717) is 18.8 Å². The molecule has 1 aromatic carbocycles.